The Labute approximate surface area is 191 Å². The molecule has 0 aliphatic carbocycles. The number of rotatable bonds is 5. The normalized spacial score (nSPS) is 16.3. The molecule has 4 heterocycles. The van der Waals surface area contributed by atoms with Crippen LogP contribution in [0.3, 0.4) is 0 Å². The number of carboxylic acid groups (broad SMARTS) is 1. The Hall–Kier alpha value is -3.19. The molecule has 4 rings (SSSR count). The summed E-state index contributed by atoms with van der Waals surface area (Å²) in [6, 6.07) is 3.93. The molecule has 0 radical (unpaired) electrons. The smallest absolute Gasteiger partial charge is 0.475 e. The number of carbonyl (C=O) groups is 2. The molecule has 13 heteroatoms. The van der Waals surface area contributed by atoms with Gasteiger partial charge in [0.15, 0.2) is 0 Å². The molecular weight excluding hydrogens is 461 g/mol. The topological polar surface area (TPSA) is 105 Å². The van der Waals surface area contributed by atoms with Crippen LogP contribution in [0.4, 0.5) is 13.2 Å². The average Bonchev–Trinajstić information content (AvgIpc) is 3.48. The van der Waals surface area contributed by atoms with Crippen LogP contribution in [0.1, 0.15) is 21.6 Å². The van der Waals surface area contributed by atoms with Gasteiger partial charge in [0, 0.05) is 74.6 Å². The van der Waals surface area contributed by atoms with Gasteiger partial charge in [0.05, 0.1) is 11.9 Å². The molecular formula is C20H23F3N6O3S. The molecule has 0 aromatic carbocycles. The Kier molecular flexibility index (Phi) is 7.87. The number of aromatic nitrogens is 4. The molecule has 1 aliphatic rings. The summed E-state index contributed by atoms with van der Waals surface area (Å²) >= 11 is 1.54. The summed E-state index contributed by atoms with van der Waals surface area (Å²) in [7, 11) is 1.93. The first-order valence-corrected chi connectivity index (χ1v) is 10.9. The summed E-state index contributed by atoms with van der Waals surface area (Å²) in [6.07, 6.45) is 0.731. The van der Waals surface area contributed by atoms with Crippen LogP contribution >= 0.6 is 11.3 Å². The standard InChI is InChI=1S/C18H22N6OS.C2HF3O2/c1-22-8-15(7-21-22)10-23-9-14(11-24-17(12-23)2-4-20-24)6-19-18(25)16-3-5-26-13-16;3-2(4,5)1(6)7/h2-5,7-8,13-14H,6,9-12H2,1H3,(H,19,25);(H,6,7). The number of nitrogens with zero attached hydrogens (tertiary/aromatic N) is 5. The van der Waals surface area contributed by atoms with E-state index in [0.717, 1.165) is 31.7 Å². The van der Waals surface area contributed by atoms with Crippen LogP contribution in [0.15, 0.2) is 41.5 Å². The minimum Gasteiger partial charge on any atom is -0.475 e. The van der Waals surface area contributed by atoms with Crippen LogP contribution in [0.2, 0.25) is 0 Å². The second kappa shape index (κ2) is 10.6. The van der Waals surface area contributed by atoms with E-state index in [2.05, 4.69) is 37.4 Å². The fourth-order valence-electron chi connectivity index (χ4n) is 3.41. The van der Waals surface area contributed by atoms with Gasteiger partial charge in [-0.25, -0.2) is 4.79 Å². The van der Waals surface area contributed by atoms with E-state index in [1.165, 1.54) is 22.6 Å². The van der Waals surface area contributed by atoms with Gasteiger partial charge in [-0.05, 0) is 17.5 Å². The summed E-state index contributed by atoms with van der Waals surface area (Å²) in [5, 5.41) is 22.7. The highest BCUT2D eigenvalue weighted by atomic mass is 32.1. The number of alkyl halides is 3. The third-order valence-corrected chi connectivity index (χ3v) is 5.56. The highest BCUT2D eigenvalue weighted by molar-refractivity contribution is 7.08. The molecule has 1 amide bonds. The summed E-state index contributed by atoms with van der Waals surface area (Å²) < 4.78 is 35.6. The second-order valence-electron chi connectivity index (χ2n) is 7.59. The third-order valence-electron chi connectivity index (χ3n) is 4.88. The number of aryl methyl sites for hydroxylation is 1. The van der Waals surface area contributed by atoms with E-state index < -0.39 is 12.1 Å². The van der Waals surface area contributed by atoms with Crippen molar-refractivity contribution in [2.75, 3.05) is 13.1 Å². The number of aliphatic carboxylic acids is 1. The van der Waals surface area contributed by atoms with Gasteiger partial charge in [0.25, 0.3) is 5.91 Å². The van der Waals surface area contributed by atoms with Crippen molar-refractivity contribution in [2.45, 2.75) is 25.8 Å². The lowest BCUT2D eigenvalue weighted by molar-refractivity contribution is -0.192. The zero-order valence-electron chi connectivity index (χ0n) is 17.7. The van der Waals surface area contributed by atoms with Gasteiger partial charge in [-0.3, -0.25) is 19.1 Å². The minimum absolute atomic E-state index is 0.00463. The fraction of sp³-hybridized carbons (Fsp3) is 0.400. The van der Waals surface area contributed by atoms with Crippen molar-refractivity contribution in [1.29, 1.82) is 0 Å². The average molecular weight is 485 g/mol. The molecule has 0 spiro atoms. The van der Waals surface area contributed by atoms with Crippen LogP contribution in [0.25, 0.3) is 0 Å². The van der Waals surface area contributed by atoms with Crippen molar-refractivity contribution in [3.05, 3.63) is 58.3 Å². The number of carboxylic acids is 1. The van der Waals surface area contributed by atoms with Crippen LogP contribution in [-0.2, 0) is 31.5 Å². The van der Waals surface area contributed by atoms with E-state index in [0.29, 0.717) is 12.5 Å². The first kappa shape index (κ1) is 24.5. The number of hydrogen-bond donors (Lipinski definition) is 2. The van der Waals surface area contributed by atoms with E-state index in [9.17, 15) is 18.0 Å². The Bertz CT molecular complexity index is 1060. The molecule has 0 fully saturated rings. The number of thiophene rings is 1. The number of amides is 1. The van der Waals surface area contributed by atoms with Crippen molar-refractivity contribution in [3.63, 3.8) is 0 Å². The van der Waals surface area contributed by atoms with Gasteiger partial charge in [0.1, 0.15) is 0 Å². The molecule has 3 aromatic rings. The first-order chi connectivity index (χ1) is 15.6. The van der Waals surface area contributed by atoms with Crippen LogP contribution in [-0.4, -0.2) is 60.7 Å². The van der Waals surface area contributed by atoms with E-state index >= 15 is 0 Å². The predicted octanol–water partition coefficient (Wildman–Crippen LogP) is 2.37. The van der Waals surface area contributed by atoms with Crippen LogP contribution < -0.4 is 5.32 Å². The molecule has 178 valence electrons. The Morgan fingerprint density at radius 2 is 2.03 bits per heavy atom. The number of nitrogens with one attached hydrogen (secondary N) is 1. The molecule has 0 bridgehead atoms. The maximum atomic E-state index is 12.3. The molecule has 9 nitrogen and oxygen atoms in total. The lowest BCUT2D eigenvalue weighted by Crippen LogP contribution is -2.36. The molecule has 0 saturated carbocycles. The lowest BCUT2D eigenvalue weighted by atomic mass is 10.1. The maximum Gasteiger partial charge on any atom is 0.490 e. The van der Waals surface area contributed by atoms with E-state index in [1.807, 2.05) is 40.9 Å². The van der Waals surface area contributed by atoms with E-state index in [4.69, 9.17) is 9.90 Å². The molecule has 1 aliphatic heterocycles. The van der Waals surface area contributed by atoms with Gasteiger partial charge in [0.2, 0.25) is 0 Å². The number of halogens is 3. The van der Waals surface area contributed by atoms with Crippen molar-refractivity contribution in [3.8, 4) is 0 Å². The molecule has 0 saturated heterocycles. The zero-order chi connectivity index (χ0) is 24.0. The number of carbonyl (C=O) groups excluding carboxylic acids is 1. The molecule has 33 heavy (non-hydrogen) atoms. The van der Waals surface area contributed by atoms with Crippen molar-refractivity contribution in [2.24, 2.45) is 13.0 Å². The van der Waals surface area contributed by atoms with Crippen LogP contribution in [0, 0.1) is 5.92 Å². The number of fused-ring (bicyclic) bond motifs is 1. The zero-order valence-corrected chi connectivity index (χ0v) is 18.5. The third kappa shape index (κ3) is 7.15. The Balaban J connectivity index is 0.000000383. The molecule has 2 N–H and O–H groups in total. The SMILES string of the molecule is Cn1cc(CN2Cc3ccnn3CC(CNC(=O)c3ccsc3)C2)cn1.O=C(O)C(F)(F)F. The Morgan fingerprint density at radius 3 is 2.64 bits per heavy atom. The molecule has 1 unspecified atom stereocenters. The maximum absolute atomic E-state index is 12.3. The van der Waals surface area contributed by atoms with Crippen molar-refractivity contribution < 1.29 is 27.9 Å². The van der Waals surface area contributed by atoms with Crippen molar-refractivity contribution in [1.82, 2.24) is 29.8 Å². The van der Waals surface area contributed by atoms with Gasteiger partial charge >= 0.3 is 12.1 Å². The largest absolute Gasteiger partial charge is 0.490 e. The fourth-order valence-corrected chi connectivity index (χ4v) is 4.05. The monoisotopic (exact) mass is 484 g/mol. The highest BCUT2D eigenvalue weighted by Crippen LogP contribution is 2.18. The molecule has 3 aromatic heterocycles. The summed E-state index contributed by atoms with van der Waals surface area (Å²) in [5.74, 6) is -2.46. The first-order valence-electron chi connectivity index (χ1n) is 9.93. The van der Waals surface area contributed by atoms with Gasteiger partial charge in [-0.1, -0.05) is 0 Å². The highest BCUT2D eigenvalue weighted by Gasteiger charge is 2.38. The van der Waals surface area contributed by atoms with Crippen LogP contribution in [0.5, 0.6) is 0 Å². The second-order valence-corrected chi connectivity index (χ2v) is 8.37. The van der Waals surface area contributed by atoms with Crippen molar-refractivity contribution >= 4 is 23.2 Å². The number of hydrogen-bond acceptors (Lipinski definition) is 6. The van der Waals surface area contributed by atoms with Gasteiger partial charge in [-0.15, -0.1) is 0 Å². The van der Waals surface area contributed by atoms with Gasteiger partial charge < -0.3 is 10.4 Å². The summed E-state index contributed by atoms with van der Waals surface area (Å²) in [4.78, 5) is 23.6. The quantitative estimate of drug-likeness (QED) is 0.576. The Morgan fingerprint density at radius 1 is 1.27 bits per heavy atom. The van der Waals surface area contributed by atoms with E-state index in [-0.39, 0.29) is 5.91 Å². The lowest BCUT2D eigenvalue weighted by Gasteiger charge is -2.23. The summed E-state index contributed by atoms with van der Waals surface area (Å²) in [6.45, 7) is 4.05. The van der Waals surface area contributed by atoms with Gasteiger partial charge in [-0.2, -0.15) is 34.7 Å². The molecule has 1 atom stereocenters. The summed E-state index contributed by atoms with van der Waals surface area (Å²) in [5.41, 5.74) is 3.14. The van der Waals surface area contributed by atoms with E-state index in [1.54, 1.807) is 0 Å². The predicted molar refractivity (Wildman–Crippen MR) is 113 cm³/mol. The minimum atomic E-state index is -5.08.